The van der Waals surface area contributed by atoms with E-state index in [1.807, 2.05) is 0 Å². The van der Waals surface area contributed by atoms with E-state index in [4.69, 9.17) is 0 Å². The first kappa shape index (κ1) is 13.3. The monoisotopic (exact) mass is 280 g/mol. The Morgan fingerprint density at radius 2 is 2.19 bits per heavy atom. The number of carbonyl (C=O) groups excluding carboxylic acids is 1. The number of benzene rings is 1. The number of fused-ring (bicyclic) bond motifs is 5. The maximum Gasteiger partial charge on any atom is 0.163 e. The van der Waals surface area contributed by atoms with Crippen molar-refractivity contribution < 1.29 is 4.79 Å². The lowest BCUT2D eigenvalue weighted by molar-refractivity contribution is 0.0943. The van der Waals surface area contributed by atoms with Crippen molar-refractivity contribution in [2.75, 3.05) is 0 Å². The Morgan fingerprint density at radius 1 is 1.33 bits per heavy atom. The van der Waals surface area contributed by atoms with Gasteiger partial charge in [-0.2, -0.15) is 0 Å². The van der Waals surface area contributed by atoms with Gasteiger partial charge < -0.3 is 0 Å². The quantitative estimate of drug-likeness (QED) is 0.696. The molecule has 1 fully saturated rings. The second-order valence-electron chi connectivity index (χ2n) is 7.35. The van der Waals surface area contributed by atoms with Gasteiger partial charge in [0.25, 0.3) is 0 Å². The molecule has 21 heavy (non-hydrogen) atoms. The van der Waals surface area contributed by atoms with Crippen molar-refractivity contribution in [2.24, 2.45) is 11.8 Å². The van der Waals surface area contributed by atoms with Crippen molar-refractivity contribution in [3.63, 3.8) is 0 Å². The summed E-state index contributed by atoms with van der Waals surface area (Å²) >= 11 is 0. The molecule has 1 aromatic rings. The van der Waals surface area contributed by atoms with Gasteiger partial charge >= 0.3 is 0 Å². The summed E-state index contributed by atoms with van der Waals surface area (Å²) in [6, 6.07) is 6.46. The van der Waals surface area contributed by atoms with Gasteiger partial charge in [0, 0.05) is 17.4 Å². The summed E-state index contributed by atoms with van der Waals surface area (Å²) < 4.78 is 0. The summed E-state index contributed by atoms with van der Waals surface area (Å²) in [5.74, 6) is 2.33. The van der Waals surface area contributed by atoms with E-state index in [0.717, 1.165) is 30.7 Å². The second-order valence-corrected chi connectivity index (χ2v) is 7.35. The van der Waals surface area contributed by atoms with Crippen LogP contribution in [0.5, 0.6) is 0 Å². The van der Waals surface area contributed by atoms with Crippen molar-refractivity contribution in [3.8, 4) is 0 Å². The summed E-state index contributed by atoms with van der Waals surface area (Å²) in [6.45, 7) is 4.56. The van der Waals surface area contributed by atoms with Crippen LogP contribution in [-0.4, -0.2) is 5.78 Å². The third kappa shape index (κ3) is 1.73. The second kappa shape index (κ2) is 4.56. The smallest absolute Gasteiger partial charge is 0.163 e. The van der Waals surface area contributed by atoms with Crippen molar-refractivity contribution in [1.82, 2.24) is 0 Å². The van der Waals surface area contributed by atoms with Crippen LogP contribution in [0.2, 0.25) is 0 Å². The van der Waals surface area contributed by atoms with E-state index >= 15 is 0 Å². The molecule has 4 unspecified atom stereocenters. The Bertz CT molecular complexity index is 627. The lowest BCUT2D eigenvalue weighted by atomic mass is 9.60. The third-order valence-corrected chi connectivity index (χ3v) is 6.34. The van der Waals surface area contributed by atoms with Gasteiger partial charge in [-0.25, -0.2) is 0 Å². The summed E-state index contributed by atoms with van der Waals surface area (Å²) in [6.07, 6.45) is 10.4. The van der Waals surface area contributed by atoms with Gasteiger partial charge in [-0.3, -0.25) is 4.79 Å². The van der Waals surface area contributed by atoms with E-state index in [1.54, 1.807) is 0 Å². The SMILES string of the molecule is CCC(C)c1cccc2c1C1(CCC2=O)CC2C=CC1C2. The molecular formula is C20H24O. The zero-order valence-corrected chi connectivity index (χ0v) is 13.1. The first-order valence-electron chi connectivity index (χ1n) is 8.50. The van der Waals surface area contributed by atoms with E-state index in [9.17, 15) is 4.79 Å². The van der Waals surface area contributed by atoms with Crippen LogP contribution in [0.1, 0.15) is 73.4 Å². The molecule has 1 aromatic carbocycles. The van der Waals surface area contributed by atoms with Gasteiger partial charge in [-0.15, -0.1) is 0 Å². The summed E-state index contributed by atoms with van der Waals surface area (Å²) in [5.41, 5.74) is 4.19. The lowest BCUT2D eigenvalue weighted by Crippen LogP contribution is -2.38. The van der Waals surface area contributed by atoms with Gasteiger partial charge in [-0.1, -0.05) is 44.2 Å². The minimum atomic E-state index is 0.267. The van der Waals surface area contributed by atoms with Gasteiger partial charge in [0.1, 0.15) is 0 Å². The largest absolute Gasteiger partial charge is 0.294 e. The molecule has 110 valence electrons. The highest BCUT2D eigenvalue weighted by Crippen LogP contribution is 2.59. The van der Waals surface area contributed by atoms with Gasteiger partial charge in [-0.05, 0) is 54.6 Å². The third-order valence-electron chi connectivity index (χ3n) is 6.34. The topological polar surface area (TPSA) is 17.1 Å². The molecule has 4 atom stereocenters. The Kier molecular flexibility index (Phi) is 2.89. The molecule has 3 aliphatic rings. The number of carbonyl (C=O) groups is 1. The molecular weight excluding hydrogens is 256 g/mol. The average molecular weight is 280 g/mol. The number of ketones is 1. The highest BCUT2D eigenvalue weighted by atomic mass is 16.1. The van der Waals surface area contributed by atoms with E-state index in [1.165, 1.54) is 24.0 Å². The lowest BCUT2D eigenvalue weighted by Gasteiger charge is -2.42. The first-order chi connectivity index (χ1) is 10.2. The molecule has 0 N–H and O–H groups in total. The van der Waals surface area contributed by atoms with Gasteiger partial charge in [0.15, 0.2) is 5.78 Å². The molecule has 0 radical (unpaired) electrons. The molecule has 0 amide bonds. The fraction of sp³-hybridized carbons (Fsp3) is 0.550. The van der Waals surface area contributed by atoms with Crippen molar-refractivity contribution in [3.05, 3.63) is 47.0 Å². The minimum absolute atomic E-state index is 0.267. The zero-order chi connectivity index (χ0) is 14.6. The molecule has 2 bridgehead atoms. The molecule has 1 spiro atoms. The van der Waals surface area contributed by atoms with Crippen molar-refractivity contribution in [2.45, 2.75) is 57.3 Å². The fourth-order valence-corrected chi connectivity index (χ4v) is 5.11. The summed E-state index contributed by atoms with van der Waals surface area (Å²) in [4.78, 5) is 12.5. The summed E-state index contributed by atoms with van der Waals surface area (Å²) in [5, 5.41) is 0. The van der Waals surface area contributed by atoms with E-state index in [-0.39, 0.29) is 5.41 Å². The number of allylic oxidation sites excluding steroid dienone is 2. The predicted octanol–water partition coefficient (Wildman–Crippen LogP) is 5.01. The molecule has 1 nitrogen and oxygen atoms in total. The van der Waals surface area contributed by atoms with Crippen molar-refractivity contribution in [1.29, 1.82) is 0 Å². The molecule has 0 saturated heterocycles. The molecule has 1 heteroatoms. The molecule has 1 saturated carbocycles. The zero-order valence-electron chi connectivity index (χ0n) is 13.1. The predicted molar refractivity (Wildman–Crippen MR) is 85.7 cm³/mol. The minimum Gasteiger partial charge on any atom is -0.294 e. The van der Waals surface area contributed by atoms with Crippen LogP contribution in [-0.2, 0) is 5.41 Å². The molecule has 0 aromatic heterocycles. The standard InChI is InChI=1S/C20H24O/c1-3-13(2)16-5-4-6-17-18(21)9-10-20(19(16)17)12-14-7-8-15(20)11-14/h4-8,13-15H,3,9-12H2,1-2H3. The number of rotatable bonds is 2. The van der Waals surface area contributed by atoms with Crippen LogP contribution in [0, 0.1) is 11.8 Å². The average Bonchev–Trinajstić information content (AvgIpc) is 3.11. The van der Waals surface area contributed by atoms with Crippen LogP contribution >= 0.6 is 0 Å². The Hall–Kier alpha value is -1.37. The molecule has 0 aliphatic heterocycles. The Labute approximate surface area is 127 Å². The summed E-state index contributed by atoms with van der Waals surface area (Å²) in [7, 11) is 0. The fourth-order valence-electron chi connectivity index (χ4n) is 5.11. The number of hydrogen-bond donors (Lipinski definition) is 0. The van der Waals surface area contributed by atoms with E-state index in [2.05, 4.69) is 44.2 Å². The highest BCUT2D eigenvalue weighted by molar-refractivity contribution is 5.99. The Balaban J connectivity index is 1.94. The van der Waals surface area contributed by atoms with Crippen LogP contribution in [0.3, 0.4) is 0 Å². The van der Waals surface area contributed by atoms with Crippen LogP contribution in [0.25, 0.3) is 0 Å². The van der Waals surface area contributed by atoms with Crippen molar-refractivity contribution >= 4 is 5.78 Å². The Morgan fingerprint density at radius 3 is 2.86 bits per heavy atom. The molecule has 3 aliphatic carbocycles. The molecule has 4 rings (SSSR count). The van der Waals surface area contributed by atoms with Crippen LogP contribution < -0.4 is 0 Å². The van der Waals surface area contributed by atoms with Gasteiger partial charge in [0.05, 0.1) is 0 Å². The maximum atomic E-state index is 12.5. The normalized spacial score (nSPS) is 34.5. The van der Waals surface area contributed by atoms with Crippen LogP contribution in [0.15, 0.2) is 30.4 Å². The number of hydrogen-bond acceptors (Lipinski definition) is 1. The van der Waals surface area contributed by atoms with E-state index < -0.39 is 0 Å². The number of Topliss-reactive ketones (excluding diaryl/α,β-unsaturated/α-hetero) is 1. The van der Waals surface area contributed by atoms with Crippen LogP contribution in [0.4, 0.5) is 0 Å². The maximum absolute atomic E-state index is 12.5. The highest BCUT2D eigenvalue weighted by Gasteiger charge is 2.53. The van der Waals surface area contributed by atoms with E-state index in [0.29, 0.717) is 17.6 Å². The molecule has 0 heterocycles. The van der Waals surface area contributed by atoms with Gasteiger partial charge in [0.2, 0.25) is 0 Å². The first-order valence-corrected chi connectivity index (χ1v) is 8.50.